The third kappa shape index (κ3) is 3.97. The molecule has 3 aromatic rings. The van der Waals surface area contributed by atoms with Gasteiger partial charge in [-0.2, -0.15) is 5.10 Å². The summed E-state index contributed by atoms with van der Waals surface area (Å²) in [6, 6.07) is 8.27. The fourth-order valence-corrected chi connectivity index (χ4v) is 4.01. The number of benzene rings is 3. The lowest BCUT2D eigenvalue weighted by Gasteiger charge is -2.18. The summed E-state index contributed by atoms with van der Waals surface area (Å²) in [4.78, 5) is 38.6. The number of methoxy groups -OCH3 is 1. The fraction of sp³-hybridized carbons (Fsp3) is 0.120. The summed E-state index contributed by atoms with van der Waals surface area (Å²) < 4.78 is 16.7. The highest BCUT2D eigenvalue weighted by atomic mass is 35.5. The minimum atomic E-state index is -1.40. The molecular weight excluding hydrogens is 492 g/mol. The third-order valence-corrected chi connectivity index (χ3v) is 5.89. The Balaban J connectivity index is 2.01. The van der Waals surface area contributed by atoms with Crippen LogP contribution < -0.4 is 20.1 Å². The minimum absolute atomic E-state index is 0.140. The summed E-state index contributed by atoms with van der Waals surface area (Å²) >= 11 is 5.91. The molecule has 0 fully saturated rings. The summed E-state index contributed by atoms with van der Waals surface area (Å²) in [7, 11) is 1.33. The van der Waals surface area contributed by atoms with Crippen LogP contribution in [0.1, 0.15) is 47.8 Å². The molecule has 3 aromatic carbocycles. The van der Waals surface area contributed by atoms with E-state index in [1.165, 1.54) is 50.4 Å². The van der Waals surface area contributed by atoms with Gasteiger partial charge in [0.25, 0.3) is 0 Å². The van der Waals surface area contributed by atoms with Crippen LogP contribution in [0.4, 0.5) is 0 Å². The number of hydrogen-bond donors (Lipinski definition) is 3. The number of ether oxygens (including phenoxy) is 3. The SMILES string of the molecule is COc1cc(C(=O)O)c2c(c1C)OC(=O)c1c(C)cc(O)c(/C(=N\N)C(=O)c3ccc(Cl)cc3)c1O2. The Labute approximate surface area is 209 Å². The van der Waals surface area contributed by atoms with E-state index in [0.717, 1.165) is 0 Å². The van der Waals surface area contributed by atoms with E-state index in [-0.39, 0.29) is 50.8 Å². The van der Waals surface area contributed by atoms with Gasteiger partial charge in [-0.25, -0.2) is 9.59 Å². The summed E-state index contributed by atoms with van der Waals surface area (Å²) in [6.45, 7) is 3.06. The molecule has 1 aliphatic heterocycles. The van der Waals surface area contributed by atoms with Crippen LogP contribution in [0.25, 0.3) is 0 Å². The molecule has 11 heteroatoms. The van der Waals surface area contributed by atoms with Gasteiger partial charge in [0.1, 0.15) is 28.3 Å². The smallest absolute Gasteiger partial charge is 0.347 e. The monoisotopic (exact) mass is 510 g/mol. The van der Waals surface area contributed by atoms with Crippen molar-refractivity contribution >= 4 is 35.0 Å². The molecule has 0 aliphatic carbocycles. The molecule has 1 heterocycles. The molecule has 36 heavy (non-hydrogen) atoms. The molecule has 0 radical (unpaired) electrons. The number of halogens is 1. The van der Waals surface area contributed by atoms with E-state index in [0.29, 0.717) is 10.6 Å². The number of carboxylic acids is 1. The number of nitrogens with zero attached hydrogens (tertiary/aromatic N) is 1. The van der Waals surface area contributed by atoms with Gasteiger partial charge in [0.15, 0.2) is 17.2 Å². The molecule has 4 rings (SSSR count). The molecule has 10 nitrogen and oxygen atoms in total. The first-order chi connectivity index (χ1) is 17.1. The van der Waals surface area contributed by atoms with Crippen LogP contribution in [0.15, 0.2) is 41.5 Å². The number of aryl methyl sites for hydroxylation is 1. The van der Waals surface area contributed by atoms with Gasteiger partial charge in [-0.1, -0.05) is 11.6 Å². The Morgan fingerprint density at radius 1 is 1.06 bits per heavy atom. The zero-order valence-corrected chi connectivity index (χ0v) is 20.0. The van der Waals surface area contributed by atoms with Crippen molar-refractivity contribution in [1.82, 2.24) is 0 Å². The number of phenols is 1. The lowest BCUT2D eigenvalue weighted by molar-refractivity contribution is 0.0685. The number of Topliss-reactive ketones (excluding diaryl/α,β-unsaturated/α-hetero) is 1. The van der Waals surface area contributed by atoms with Crippen molar-refractivity contribution in [3.63, 3.8) is 0 Å². The molecule has 0 saturated carbocycles. The van der Waals surface area contributed by atoms with Gasteiger partial charge in [0.2, 0.25) is 5.78 Å². The van der Waals surface area contributed by atoms with Gasteiger partial charge in [-0.05, 0) is 55.8 Å². The number of aromatic hydroxyl groups is 1. The van der Waals surface area contributed by atoms with E-state index in [1.807, 2.05) is 0 Å². The molecule has 0 spiro atoms. The lowest BCUT2D eigenvalue weighted by atomic mass is 9.94. The van der Waals surface area contributed by atoms with Crippen molar-refractivity contribution in [3.05, 3.63) is 74.8 Å². The van der Waals surface area contributed by atoms with E-state index in [1.54, 1.807) is 6.92 Å². The van der Waals surface area contributed by atoms with Gasteiger partial charge in [-0.15, -0.1) is 0 Å². The quantitative estimate of drug-likeness (QED) is 0.114. The maximum Gasteiger partial charge on any atom is 0.347 e. The number of phenolic OH excluding ortho intramolecular Hbond substituents is 1. The van der Waals surface area contributed by atoms with Crippen molar-refractivity contribution in [2.24, 2.45) is 10.9 Å². The minimum Gasteiger partial charge on any atom is -0.507 e. The maximum absolute atomic E-state index is 13.3. The number of fused-ring (bicyclic) bond motifs is 2. The molecule has 0 amide bonds. The van der Waals surface area contributed by atoms with Crippen LogP contribution in [-0.4, -0.2) is 40.8 Å². The van der Waals surface area contributed by atoms with Crippen molar-refractivity contribution in [1.29, 1.82) is 0 Å². The maximum atomic E-state index is 13.3. The Morgan fingerprint density at radius 2 is 1.72 bits per heavy atom. The molecule has 0 aromatic heterocycles. The number of carbonyl (C=O) groups is 3. The molecule has 0 unspecified atom stereocenters. The zero-order valence-electron chi connectivity index (χ0n) is 19.2. The van der Waals surface area contributed by atoms with E-state index >= 15 is 0 Å². The summed E-state index contributed by atoms with van der Waals surface area (Å²) in [6.07, 6.45) is 0. The molecule has 1 aliphatic rings. The van der Waals surface area contributed by atoms with Gasteiger partial charge in [0.05, 0.1) is 12.7 Å². The third-order valence-electron chi connectivity index (χ3n) is 5.64. The summed E-state index contributed by atoms with van der Waals surface area (Å²) in [5.74, 6) is 1.38. The Hall–Kier alpha value is -4.57. The van der Waals surface area contributed by atoms with Crippen molar-refractivity contribution in [3.8, 4) is 28.7 Å². The standard InChI is InChI=1S/C25H19ClN2O8/c1-10-8-15(29)18(19(28-27)20(30)12-4-6-13(26)7-5-12)23-17(10)25(33)36-21-11(2)16(34-3)9-14(24(31)32)22(21)35-23/h4-9,29H,27H2,1-3H3,(H,31,32)/b28-19+. The van der Waals surface area contributed by atoms with E-state index in [4.69, 9.17) is 31.7 Å². The van der Waals surface area contributed by atoms with Gasteiger partial charge < -0.3 is 30.3 Å². The van der Waals surface area contributed by atoms with Crippen LogP contribution in [0, 0.1) is 13.8 Å². The number of esters is 1. The Morgan fingerprint density at radius 3 is 2.31 bits per heavy atom. The highest BCUT2D eigenvalue weighted by molar-refractivity contribution is 6.52. The lowest BCUT2D eigenvalue weighted by Crippen LogP contribution is -2.20. The normalized spacial score (nSPS) is 12.6. The largest absolute Gasteiger partial charge is 0.507 e. The number of nitrogens with two attached hydrogens (primary N) is 1. The Bertz CT molecular complexity index is 1480. The zero-order chi connectivity index (χ0) is 26.3. The molecule has 0 atom stereocenters. The van der Waals surface area contributed by atoms with Gasteiger partial charge >= 0.3 is 11.9 Å². The molecule has 4 N–H and O–H groups in total. The van der Waals surface area contributed by atoms with E-state index in [9.17, 15) is 24.6 Å². The number of hydrazone groups is 1. The number of rotatable bonds is 5. The number of hydrogen-bond acceptors (Lipinski definition) is 9. The van der Waals surface area contributed by atoms with Crippen LogP contribution >= 0.6 is 11.6 Å². The van der Waals surface area contributed by atoms with Crippen molar-refractivity contribution in [2.75, 3.05) is 7.11 Å². The first-order valence-corrected chi connectivity index (χ1v) is 10.8. The number of ketones is 1. The van der Waals surface area contributed by atoms with Gasteiger partial charge in [-0.3, -0.25) is 4.79 Å². The van der Waals surface area contributed by atoms with Crippen LogP contribution in [0.5, 0.6) is 28.7 Å². The van der Waals surface area contributed by atoms with E-state index in [2.05, 4.69) is 5.10 Å². The van der Waals surface area contributed by atoms with Crippen molar-refractivity contribution < 1.29 is 38.8 Å². The predicted octanol–water partition coefficient (Wildman–Crippen LogP) is 4.24. The molecule has 0 saturated heterocycles. The highest BCUT2D eigenvalue weighted by Crippen LogP contribution is 2.48. The Kier molecular flexibility index (Phi) is 6.30. The van der Waals surface area contributed by atoms with E-state index < -0.39 is 29.2 Å². The summed E-state index contributed by atoms with van der Waals surface area (Å²) in [5.41, 5.74) is -0.611. The van der Waals surface area contributed by atoms with Crippen LogP contribution in [0.2, 0.25) is 5.02 Å². The van der Waals surface area contributed by atoms with Gasteiger partial charge in [0, 0.05) is 16.1 Å². The number of carboxylic acid groups (broad SMARTS) is 1. The average Bonchev–Trinajstić information content (AvgIpc) is 2.98. The van der Waals surface area contributed by atoms with Crippen LogP contribution in [-0.2, 0) is 0 Å². The predicted molar refractivity (Wildman–Crippen MR) is 129 cm³/mol. The molecule has 0 bridgehead atoms. The molecule has 184 valence electrons. The number of carbonyl (C=O) groups excluding carboxylic acids is 2. The van der Waals surface area contributed by atoms with Crippen molar-refractivity contribution in [2.45, 2.75) is 13.8 Å². The average molecular weight is 511 g/mol. The first kappa shape index (κ1) is 24.6. The second-order valence-electron chi connectivity index (χ2n) is 7.81. The fourth-order valence-electron chi connectivity index (χ4n) is 3.88. The second kappa shape index (κ2) is 9.23. The topological polar surface area (TPSA) is 158 Å². The highest BCUT2D eigenvalue weighted by Gasteiger charge is 2.36. The summed E-state index contributed by atoms with van der Waals surface area (Å²) in [5, 5.41) is 24.6. The first-order valence-electron chi connectivity index (χ1n) is 10.4. The number of aromatic carboxylic acids is 1. The molecular formula is C25H19ClN2O8. The second-order valence-corrected chi connectivity index (χ2v) is 8.25. The van der Waals surface area contributed by atoms with Crippen LogP contribution in [0.3, 0.4) is 0 Å².